The molecule has 1 aromatic carbocycles. The molecular formula is C14H19IN2O2. The third kappa shape index (κ3) is 3.39. The number of piperidine rings is 1. The van der Waals surface area contributed by atoms with Crippen molar-refractivity contribution in [2.75, 3.05) is 27.2 Å². The van der Waals surface area contributed by atoms with Crippen molar-refractivity contribution >= 4 is 28.5 Å². The van der Waals surface area contributed by atoms with Crippen molar-refractivity contribution in [2.24, 2.45) is 0 Å². The molecule has 1 heterocycles. The van der Waals surface area contributed by atoms with E-state index >= 15 is 0 Å². The van der Waals surface area contributed by atoms with E-state index < -0.39 is 0 Å². The average Bonchev–Trinajstić information content (AvgIpc) is 2.41. The monoisotopic (exact) mass is 374 g/mol. The summed E-state index contributed by atoms with van der Waals surface area (Å²) in [6.45, 7) is 1.56. The van der Waals surface area contributed by atoms with E-state index in [1.54, 1.807) is 18.2 Å². The molecule has 1 amide bonds. The maximum absolute atomic E-state index is 12.4. The quantitative estimate of drug-likeness (QED) is 0.807. The molecule has 0 radical (unpaired) electrons. The minimum atomic E-state index is 0.0123. The van der Waals surface area contributed by atoms with Gasteiger partial charge in [-0.1, -0.05) is 0 Å². The topological polar surface area (TPSA) is 43.8 Å². The number of benzene rings is 1. The van der Waals surface area contributed by atoms with Gasteiger partial charge in [-0.3, -0.25) is 4.79 Å². The summed E-state index contributed by atoms with van der Waals surface area (Å²) in [5.41, 5.74) is 0.567. The number of likely N-dealkylation sites (N-methyl/N-ethyl adjacent to an activating group) is 1. The van der Waals surface area contributed by atoms with Gasteiger partial charge in [-0.05, 0) is 67.7 Å². The highest BCUT2D eigenvalue weighted by Gasteiger charge is 2.25. The number of carbonyl (C=O) groups is 1. The van der Waals surface area contributed by atoms with Gasteiger partial charge in [-0.2, -0.15) is 0 Å². The summed E-state index contributed by atoms with van der Waals surface area (Å²) in [7, 11) is 4.10. The molecule has 1 aliphatic rings. The summed E-state index contributed by atoms with van der Waals surface area (Å²) in [6, 6.07) is 5.54. The third-order valence-electron chi connectivity index (χ3n) is 3.61. The van der Waals surface area contributed by atoms with Gasteiger partial charge in [0.2, 0.25) is 0 Å². The van der Waals surface area contributed by atoms with Crippen LogP contribution < -0.4 is 0 Å². The van der Waals surface area contributed by atoms with Crippen molar-refractivity contribution in [1.82, 2.24) is 9.80 Å². The molecule has 19 heavy (non-hydrogen) atoms. The van der Waals surface area contributed by atoms with Crippen molar-refractivity contribution in [1.29, 1.82) is 0 Å². The minimum absolute atomic E-state index is 0.0123. The predicted molar refractivity (Wildman–Crippen MR) is 83.4 cm³/mol. The lowest BCUT2D eigenvalue weighted by Gasteiger charge is -2.36. The Kier molecular flexibility index (Phi) is 4.67. The number of amides is 1. The van der Waals surface area contributed by atoms with E-state index in [1.807, 2.05) is 27.5 Å². The maximum atomic E-state index is 12.4. The van der Waals surface area contributed by atoms with Crippen molar-refractivity contribution in [3.05, 3.63) is 27.3 Å². The number of likely N-dealkylation sites (tertiary alicyclic amines) is 1. The molecule has 1 atom stereocenters. The first-order valence-electron chi connectivity index (χ1n) is 6.43. The van der Waals surface area contributed by atoms with Gasteiger partial charge < -0.3 is 14.9 Å². The lowest BCUT2D eigenvalue weighted by Crippen LogP contribution is -2.47. The lowest BCUT2D eigenvalue weighted by molar-refractivity contribution is 0.0634. The van der Waals surface area contributed by atoms with E-state index in [-0.39, 0.29) is 11.7 Å². The molecule has 0 bridgehead atoms. The van der Waals surface area contributed by atoms with E-state index in [1.165, 1.54) is 0 Å². The van der Waals surface area contributed by atoms with E-state index in [0.29, 0.717) is 11.6 Å². The molecule has 0 spiro atoms. The van der Waals surface area contributed by atoms with Crippen LogP contribution in [0.4, 0.5) is 0 Å². The second-order valence-electron chi connectivity index (χ2n) is 5.18. The Morgan fingerprint density at radius 1 is 1.47 bits per heavy atom. The smallest absolute Gasteiger partial charge is 0.254 e. The first-order chi connectivity index (χ1) is 8.99. The highest BCUT2D eigenvalue weighted by molar-refractivity contribution is 14.1. The number of rotatable bonds is 2. The Morgan fingerprint density at radius 3 is 2.84 bits per heavy atom. The average molecular weight is 374 g/mol. The van der Waals surface area contributed by atoms with E-state index in [4.69, 9.17) is 0 Å². The highest BCUT2D eigenvalue weighted by atomic mass is 127. The predicted octanol–water partition coefficient (Wildman–Crippen LogP) is 2.16. The Bertz CT molecular complexity index is 477. The van der Waals surface area contributed by atoms with Crippen LogP contribution in [0.25, 0.3) is 0 Å². The summed E-state index contributed by atoms with van der Waals surface area (Å²) >= 11 is 2.05. The zero-order chi connectivity index (χ0) is 14.0. The number of carbonyl (C=O) groups excluding carboxylic acids is 1. The fourth-order valence-corrected chi connectivity index (χ4v) is 2.72. The second-order valence-corrected chi connectivity index (χ2v) is 6.34. The summed E-state index contributed by atoms with van der Waals surface area (Å²) in [4.78, 5) is 16.5. The molecular weight excluding hydrogens is 355 g/mol. The molecule has 1 unspecified atom stereocenters. The highest BCUT2D eigenvalue weighted by Crippen LogP contribution is 2.23. The van der Waals surface area contributed by atoms with Crippen LogP contribution in [0.15, 0.2) is 18.2 Å². The van der Waals surface area contributed by atoms with E-state index in [0.717, 1.165) is 29.5 Å². The first kappa shape index (κ1) is 14.6. The summed E-state index contributed by atoms with van der Waals surface area (Å²) in [5, 5.41) is 9.70. The third-order valence-corrected chi connectivity index (χ3v) is 4.52. The van der Waals surface area contributed by atoms with Gasteiger partial charge >= 0.3 is 0 Å². The van der Waals surface area contributed by atoms with Gasteiger partial charge in [0.25, 0.3) is 5.91 Å². The van der Waals surface area contributed by atoms with Crippen LogP contribution >= 0.6 is 22.6 Å². The van der Waals surface area contributed by atoms with Gasteiger partial charge in [0.15, 0.2) is 0 Å². The largest absolute Gasteiger partial charge is 0.507 e. The van der Waals surface area contributed by atoms with Crippen molar-refractivity contribution in [3.63, 3.8) is 0 Å². The van der Waals surface area contributed by atoms with Crippen LogP contribution in [0, 0.1) is 3.57 Å². The normalized spacial score (nSPS) is 19.8. The van der Waals surface area contributed by atoms with E-state index in [9.17, 15) is 9.90 Å². The van der Waals surface area contributed by atoms with Crippen LogP contribution in [-0.2, 0) is 0 Å². The maximum Gasteiger partial charge on any atom is 0.254 e. The number of hydrogen-bond donors (Lipinski definition) is 1. The molecule has 1 aromatic rings. The Morgan fingerprint density at radius 2 is 2.21 bits per heavy atom. The number of hydrogen-bond acceptors (Lipinski definition) is 3. The zero-order valence-electron chi connectivity index (χ0n) is 11.3. The Balaban J connectivity index is 2.12. The number of halogens is 1. The van der Waals surface area contributed by atoms with Crippen LogP contribution in [-0.4, -0.2) is 54.0 Å². The van der Waals surface area contributed by atoms with Gasteiger partial charge in [0, 0.05) is 24.7 Å². The van der Waals surface area contributed by atoms with Crippen molar-refractivity contribution in [2.45, 2.75) is 18.9 Å². The minimum Gasteiger partial charge on any atom is -0.507 e. The molecule has 0 saturated carbocycles. The van der Waals surface area contributed by atoms with Gasteiger partial charge in [-0.25, -0.2) is 0 Å². The Hall–Kier alpha value is -0.820. The molecule has 0 aromatic heterocycles. The molecule has 1 fully saturated rings. The van der Waals surface area contributed by atoms with Crippen molar-refractivity contribution < 1.29 is 9.90 Å². The first-order valence-corrected chi connectivity index (χ1v) is 7.51. The van der Waals surface area contributed by atoms with Gasteiger partial charge in [0.1, 0.15) is 5.75 Å². The molecule has 1 aliphatic heterocycles. The summed E-state index contributed by atoms with van der Waals surface area (Å²) in [5.74, 6) is 0.186. The summed E-state index contributed by atoms with van der Waals surface area (Å²) in [6.07, 6.45) is 2.17. The lowest BCUT2D eigenvalue weighted by atomic mass is 10.0. The molecule has 1 N–H and O–H groups in total. The molecule has 104 valence electrons. The van der Waals surface area contributed by atoms with E-state index in [2.05, 4.69) is 19.0 Å². The number of phenolic OH excluding ortho intramolecular Hbond substituents is 1. The zero-order valence-corrected chi connectivity index (χ0v) is 13.4. The molecule has 2 rings (SSSR count). The Labute approximate surface area is 127 Å². The summed E-state index contributed by atoms with van der Waals surface area (Å²) < 4.78 is 0.763. The standard InChI is InChI=1S/C14H19IN2O2/c1-16(2)11-4-3-7-17(9-11)14(19)10-5-6-12(15)13(18)8-10/h5-6,8,11,18H,3-4,7,9H2,1-2H3. The van der Waals surface area contributed by atoms with Crippen LogP contribution in [0.5, 0.6) is 5.75 Å². The van der Waals surface area contributed by atoms with Crippen LogP contribution in [0.2, 0.25) is 0 Å². The number of phenols is 1. The second kappa shape index (κ2) is 6.09. The van der Waals surface area contributed by atoms with Crippen LogP contribution in [0.1, 0.15) is 23.2 Å². The fourth-order valence-electron chi connectivity index (χ4n) is 2.39. The molecule has 5 heteroatoms. The number of aromatic hydroxyl groups is 1. The van der Waals surface area contributed by atoms with Gasteiger partial charge in [0.05, 0.1) is 3.57 Å². The molecule has 4 nitrogen and oxygen atoms in total. The SMILES string of the molecule is CN(C)C1CCCN(C(=O)c2ccc(I)c(O)c2)C1. The van der Waals surface area contributed by atoms with Gasteiger partial charge in [-0.15, -0.1) is 0 Å². The molecule has 1 saturated heterocycles. The molecule has 0 aliphatic carbocycles. The number of nitrogens with zero attached hydrogens (tertiary/aromatic N) is 2. The fraction of sp³-hybridized carbons (Fsp3) is 0.500. The van der Waals surface area contributed by atoms with Crippen LogP contribution in [0.3, 0.4) is 0 Å². The van der Waals surface area contributed by atoms with Crippen molar-refractivity contribution in [3.8, 4) is 5.75 Å².